The lowest BCUT2D eigenvalue weighted by atomic mass is 10.1. The predicted octanol–water partition coefficient (Wildman–Crippen LogP) is 3.55. The first-order valence-corrected chi connectivity index (χ1v) is 9.81. The lowest BCUT2D eigenvalue weighted by molar-refractivity contribution is -0.308. The minimum atomic E-state index is -5.80. The topological polar surface area (TPSA) is 103 Å². The Morgan fingerprint density at radius 3 is 2.09 bits per heavy atom. The normalized spacial score (nSPS) is 15.7. The molecular weight excluding hydrogens is 476 g/mol. The average molecular weight is 497 g/mol. The van der Waals surface area contributed by atoms with Crippen LogP contribution in [0.2, 0.25) is 0 Å². The van der Waals surface area contributed by atoms with Gasteiger partial charge < -0.3 is 19.5 Å². The maximum Gasteiger partial charge on any atom is 0.434 e. The third kappa shape index (κ3) is 7.14. The van der Waals surface area contributed by atoms with Gasteiger partial charge in [0, 0.05) is 32.7 Å². The molecule has 0 saturated carbocycles. The number of halogens is 6. The summed E-state index contributed by atoms with van der Waals surface area (Å²) in [5.41, 5.74) is -0.816. The van der Waals surface area contributed by atoms with Crippen molar-refractivity contribution in [3.63, 3.8) is 0 Å². The maximum atomic E-state index is 12.6. The fourth-order valence-electron chi connectivity index (χ4n) is 3.06. The number of ether oxygens (including phenoxy) is 2. The quantitative estimate of drug-likeness (QED) is 0.600. The monoisotopic (exact) mass is 497 g/mol. The highest BCUT2D eigenvalue weighted by Crippen LogP contribution is 2.36. The second-order valence-electron chi connectivity index (χ2n) is 8.01. The summed E-state index contributed by atoms with van der Waals surface area (Å²) in [5.74, 6) is -1.09. The van der Waals surface area contributed by atoms with Crippen LogP contribution in [-0.4, -0.2) is 77.2 Å². The summed E-state index contributed by atoms with van der Waals surface area (Å²) < 4.78 is 84.8. The van der Waals surface area contributed by atoms with Crippen LogP contribution in [0.1, 0.15) is 25.0 Å². The van der Waals surface area contributed by atoms with Crippen molar-refractivity contribution in [2.45, 2.75) is 44.4 Å². The van der Waals surface area contributed by atoms with Gasteiger partial charge in [-0.3, -0.25) is 4.90 Å². The molecule has 14 heteroatoms. The van der Waals surface area contributed by atoms with E-state index in [1.165, 1.54) is 32.0 Å². The number of hydrogen-bond donors (Lipinski definition) is 1. The van der Waals surface area contributed by atoms with Crippen molar-refractivity contribution in [2.75, 3.05) is 26.2 Å². The van der Waals surface area contributed by atoms with E-state index in [9.17, 15) is 46.3 Å². The Bertz CT molecular complexity index is 935. The zero-order valence-corrected chi connectivity index (χ0v) is 18.0. The van der Waals surface area contributed by atoms with Gasteiger partial charge >= 0.3 is 24.4 Å². The molecule has 1 amide bonds. The van der Waals surface area contributed by atoms with Crippen LogP contribution in [0.5, 0.6) is 5.75 Å². The molecule has 0 aromatic heterocycles. The highest BCUT2D eigenvalue weighted by atomic mass is 19.4. The minimum Gasteiger partial charge on any atom is -0.478 e. The molecule has 1 aromatic rings. The van der Waals surface area contributed by atoms with Crippen LogP contribution in [0.25, 0.3) is 0 Å². The van der Waals surface area contributed by atoms with Gasteiger partial charge in [0.2, 0.25) is 0 Å². The molecule has 1 fully saturated rings. The Morgan fingerprint density at radius 2 is 1.62 bits per heavy atom. The van der Waals surface area contributed by atoms with Crippen molar-refractivity contribution in [1.82, 2.24) is 9.80 Å². The number of aliphatic carboxylic acids is 1. The molecule has 0 unspecified atom stereocenters. The molecule has 1 aliphatic heterocycles. The van der Waals surface area contributed by atoms with Gasteiger partial charge in [0.25, 0.3) is 6.10 Å². The standard InChI is InChI=1S/C20H21F6N3O5/c1-18(2,16(30)31)34-14-8-12(10-27)7-13(9-14)11-28-3-5-29(6-4-28)17(32)33-15(19(21,22)23)20(24,25)26/h7-9,15H,3-6,11H2,1-2H3,(H,30,31). The summed E-state index contributed by atoms with van der Waals surface area (Å²) in [7, 11) is 0. The maximum absolute atomic E-state index is 12.6. The van der Waals surface area contributed by atoms with Gasteiger partial charge in [-0.15, -0.1) is 0 Å². The Kier molecular flexibility index (Phi) is 7.92. The number of carbonyl (C=O) groups excluding carboxylic acids is 1. The number of piperazine rings is 1. The van der Waals surface area contributed by atoms with Gasteiger partial charge in [-0.2, -0.15) is 31.6 Å². The molecular formula is C20H21F6N3O5. The first-order valence-electron chi connectivity index (χ1n) is 9.81. The summed E-state index contributed by atoms with van der Waals surface area (Å²) in [6.07, 6.45) is -17.5. The van der Waals surface area contributed by atoms with Crippen molar-refractivity contribution >= 4 is 12.1 Å². The fourth-order valence-corrected chi connectivity index (χ4v) is 3.06. The van der Waals surface area contributed by atoms with Crippen LogP contribution in [-0.2, 0) is 16.1 Å². The van der Waals surface area contributed by atoms with Crippen molar-refractivity contribution < 1.29 is 50.5 Å². The van der Waals surface area contributed by atoms with Gasteiger partial charge in [-0.1, -0.05) is 0 Å². The molecule has 0 bridgehead atoms. The summed E-state index contributed by atoms with van der Waals surface area (Å²) >= 11 is 0. The van der Waals surface area contributed by atoms with E-state index >= 15 is 0 Å². The molecule has 1 N–H and O–H groups in total. The number of carbonyl (C=O) groups is 2. The number of alkyl halides is 6. The van der Waals surface area contributed by atoms with E-state index in [4.69, 9.17) is 4.74 Å². The highest BCUT2D eigenvalue weighted by molar-refractivity contribution is 5.76. The SMILES string of the molecule is CC(C)(Oc1cc(C#N)cc(CN2CCN(C(=O)OC(C(F)(F)F)C(F)(F)F)CC2)c1)C(=O)O. The van der Waals surface area contributed by atoms with Gasteiger partial charge in [0.1, 0.15) is 5.75 Å². The Labute approximate surface area is 190 Å². The van der Waals surface area contributed by atoms with E-state index in [0.29, 0.717) is 5.56 Å². The third-order valence-corrected chi connectivity index (χ3v) is 4.83. The smallest absolute Gasteiger partial charge is 0.434 e. The van der Waals surface area contributed by atoms with Crippen molar-refractivity contribution in [3.05, 3.63) is 29.3 Å². The molecule has 1 saturated heterocycles. The Hall–Kier alpha value is -3.21. The molecule has 1 aliphatic rings. The number of carboxylic acid groups (broad SMARTS) is 1. The van der Waals surface area contributed by atoms with Gasteiger partial charge in [0.05, 0.1) is 11.6 Å². The lowest BCUT2D eigenvalue weighted by Gasteiger charge is -2.35. The van der Waals surface area contributed by atoms with E-state index in [0.717, 1.165) is 4.90 Å². The fraction of sp³-hybridized carbons (Fsp3) is 0.550. The zero-order valence-electron chi connectivity index (χ0n) is 18.0. The summed E-state index contributed by atoms with van der Waals surface area (Å²) in [5, 5.41) is 18.4. The van der Waals surface area contributed by atoms with Gasteiger partial charge in [-0.25, -0.2) is 9.59 Å². The van der Waals surface area contributed by atoms with E-state index in [1.807, 2.05) is 6.07 Å². The minimum absolute atomic E-state index is 0.103. The molecule has 34 heavy (non-hydrogen) atoms. The number of carboxylic acids is 1. The van der Waals surface area contributed by atoms with Gasteiger partial charge in [0.15, 0.2) is 5.60 Å². The van der Waals surface area contributed by atoms with E-state index < -0.39 is 36.1 Å². The van der Waals surface area contributed by atoms with Gasteiger partial charge in [-0.05, 0) is 37.6 Å². The van der Waals surface area contributed by atoms with Crippen LogP contribution in [0.3, 0.4) is 0 Å². The van der Waals surface area contributed by atoms with Crippen molar-refractivity contribution in [2.24, 2.45) is 0 Å². The van der Waals surface area contributed by atoms with Crippen LogP contribution in [0.4, 0.5) is 31.1 Å². The number of nitriles is 1. The third-order valence-electron chi connectivity index (χ3n) is 4.83. The second kappa shape index (κ2) is 9.96. The molecule has 1 heterocycles. The van der Waals surface area contributed by atoms with Crippen LogP contribution >= 0.6 is 0 Å². The summed E-state index contributed by atoms with van der Waals surface area (Å²) in [6.45, 7) is 2.69. The molecule has 0 atom stereocenters. The second-order valence-corrected chi connectivity index (χ2v) is 8.01. The number of rotatable bonds is 6. The Balaban J connectivity index is 2.02. The summed E-state index contributed by atoms with van der Waals surface area (Å²) in [4.78, 5) is 25.6. The molecule has 0 radical (unpaired) electrons. The van der Waals surface area contributed by atoms with E-state index in [-0.39, 0.29) is 44.0 Å². The first-order chi connectivity index (χ1) is 15.5. The molecule has 188 valence electrons. The van der Waals surface area contributed by atoms with Crippen molar-refractivity contribution in [1.29, 1.82) is 5.26 Å². The molecule has 2 rings (SSSR count). The predicted molar refractivity (Wildman–Crippen MR) is 103 cm³/mol. The number of benzene rings is 1. The molecule has 0 aliphatic carbocycles. The summed E-state index contributed by atoms with van der Waals surface area (Å²) in [6, 6.07) is 6.33. The van der Waals surface area contributed by atoms with Crippen LogP contribution < -0.4 is 4.74 Å². The van der Waals surface area contributed by atoms with E-state index in [2.05, 4.69) is 4.74 Å². The van der Waals surface area contributed by atoms with Crippen LogP contribution in [0.15, 0.2) is 18.2 Å². The average Bonchev–Trinajstić information content (AvgIpc) is 2.70. The number of nitrogens with zero attached hydrogens (tertiary/aromatic N) is 3. The largest absolute Gasteiger partial charge is 0.478 e. The van der Waals surface area contributed by atoms with E-state index in [1.54, 1.807) is 4.90 Å². The zero-order chi connectivity index (χ0) is 25.9. The van der Waals surface area contributed by atoms with Crippen LogP contribution in [0, 0.1) is 11.3 Å². The number of hydrogen-bond acceptors (Lipinski definition) is 6. The first kappa shape index (κ1) is 27.0. The van der Waals surface area contributed by atoms with Crippen molar-refractivity contribution in [3.8, 4) is 11.8 Å². The molecule has 1 aromatic carbocycles. The molecule has 0 spiro atoms. The number of amides is 1. The lowest BCUT2D eigenvalue weighted by Crippen LogP contribution is -2.52. The molecule has 8 nitrogen and oxygen atoms in total. The Morgan fingerprint density at radius 1 is 1.06 bits per heavy atom. The highest BCUT2D eigenvalue weighted by Gasteiger charge is 2.60.